The molecule has 1 N–H and O–H groups in total. The van der Waals surface area contributed by atoms with Crippen molar-refractivity contribution in [1.29, 1.82) is 0 Å². The molecule has 0 unspecified atom stereocenters. The number of hydrogen-bond acceptors (Lipinski definition) is 7. The van der Waals surface area contributed by atoms with Crippen LogP contribution in [0.15, 0.2) is 77.2 Å². The van der Waals surface area contributed by atoms with Gasteiger partial charge in [-0.15, -0.1) is 10.2 Å². The van der Waals surface area contributed by atoms with Crippen molar-refractivity contribution in [2.24, 2.45) is 0 Å². The van der Waals surface area contributed by atoms with Crippen LogP contribution in [0, 0.1) is 6.92 Å². The van der Waals surface area contributed by atoms with Gasteiger partial charge < -0.3 is 23.9 Å². The average molecular weight is 443 g/mol. The largest absolute Gasteiger partial charge is 0.485 e. The number of aryl methyl sites for hydroxylation is 1. The number of para-hydroxylation sites is 2. The van der Waals surface area contributed by atoms with Crippen LogP contribution in [0.1, 0.15) is 11.5 Å². The van der Waals surface area contributed by atoms with Crippen LogP contribution in [-0.4, -0.2) is 28.8 Å². The van der Waals surface area contributed by atoms with Gasteiger partial charge in [0.2, 0.25) is 12.0 Å². The zero-order chi connectivity index (χ0) is 22.6. The summed E-state index contributed by atoms with van der Waals surface area (Å²) in [5.41, 5.74) is 2.57. The fourth-order valence-corrected chi connectivity index (χ4v) is 3.38. The molecule has 0 saturated carbocycles. The molecule has 0 aliphatic carbocycles. The van der Waals surface area contributed by atoms with Crippen LogP contribution in [0.5, 0.6) is 17.2 Å². The van der Waals surface area contributed by atoms with E-state index in [1.807, 2.05) is 43.3 Å². The summed E-state index contributed by atoms with van der Waals surface area (Å²) in [6, 6.07) is 22.1. The third-order valence-electron chi connectivity index (χ3n) is 5.13. The summed E-state index contributed by atoms with van der Waals surface area (Å²) < 4.78 is 22.8. The molecule has 0 spiro atoms. The SMILES string of the molecule is Cc1ccccc1-c1nnc(COc2ccc(NC(=O)[C@H]3COc4ccccc4O3)cc2)o1. The number of nitrogens with one attached hydrogen (secondary N) is 1. The second-order valence-corrected chi connectivity index (χ2v) is 7.48. The first kappa shape index (κ1) is 20.6. The smallest absolute Gasteiger partial charge is 0.269 e. The van der Waals surface area contributed by atoms with Gasteiger partial charge >= 0.3 is 0 Å². The molecule has 0 radical (unpaired) electrons. The summed E-state index contributed by atoms with van der Waals surface area (Å²) in [5.74, 6) is 2.35. The molecule has 3 aromatic carbocycles. The Morgan fingerprint density at radius 2 is 1.76 bits per heavy atom. The minimum Gasteiger partial charge on any atom is -0.485 e. The minimum absolute atomic E-state index is 0.136. The highest BCUT2D eigenvalue weighted by Gasteiger charge is 2.27. The van der Waals surface area contributed by atoms with E-state index in [1.54, 1.807) is 36.4 Å². The highest BCUT2D eigenvalue weighted by atomic mass is 16.6. The lowest BCUT2D eigenvalue weighted by molar-refractivity contribution is -0.125. The minimum atomic E-state index is -0.726. The molecule has 0 saturated heterocycles. The van der Waals surface area contributed by atoms with Crippen LogP contribution in [0.3, 0.4) is 0 Å². The maximum atomic E-state index is 12.5. The Hall–Kier alpha value is -4.33. The Morgan fingerprint density at radius 3 is 2.58 bits per heavy atom. The molecule has 1 atom stereocenters. The van der Waals surface area contributed by atoms with E-state index < -0.39 is 6.10 Å². The molecule has 4 aromatic rings. The first-order valence-corrected chi connectivity index (χ1v) is 10.5. The van der Waals surface area contributed by atoms with Gasteiger partial charge in [-0.2, -0.15) is 0 Å². The van der Waals surface area contributed by atoms with Gasteiger partial charge in [-0.25, -0.2) is 0 Å². The zero-order valence-electron chi connectivity index (χ0n) is 17.9. The summed E-state index contributed by atoms with van der Waals surface area (Å²) in [4.78, 5) is 12.5. The summed E-state index contributed by atoms with van der Waals surface area (Å²) in [6.45, 7) is 2.28. The lowest BCUT2D eigenvalue weighted by Crippen LogP contribution is -2.40. The first-order valence-electron chi connectivity index (χ1n) is 10.5. The van der Waals surface area contributed by atoms with Crippen molar-refractivity contribution in [2.45, 2.75) is 19.6 Å². The fraction of sp³-hybridized carbons (Fsp3) is 0.160. The van der Waals surface area contributed by atoms with Crippen molar-refractivity contribution >= 4 is 11.6 Å². The number of carbonyl (C=O) groups excluding carboxylic acids is 1. The van der Waals surface area contributed by atoms with Gasteiger partial charge in [-0.1, -0.05) is 30.3 Å². The van der Waals surface area contributed by atoms with Crippen molar-refractivity contribution in [3.8, 4) is 28.7 Å². The summed E-state index contributed by atoms with van der Waals surface area (Å²) in [6.07, 6.45) is -0.726. The Kier molecular flexibility index (Phi) is 5.63. The average Bonchev–Trinajstić information content (AvgIpc) is 3.32. The van der Waals surface area contributed by atoms with Gasteiger partial charge in [0.05, 0.1) is 0 Å². The third-order valence-corrected chi connectivity index (χ3v) is 5.13. The number of nitrogens with zero attached hydrogens (tertiary/aromatic N) is 2. The van der Waals surface area contributed by atoms with E-state index in [2.05, 4.69) is 15.5 Å². The molecule has 8 nitrogen and oxygen atoms in total. The number of amides is 1. The molecular weight excluding hydrogens is 422 g/mol. The quantitative estimate of drug-likeness (QED) is 0.472. The summed E-state index contributed by atoms with van der Waals surface area (Å²) in [7, 11) is 0. The van der Waals surface area contributed by atoms with Gasteiger partial charge in [0, 0.05) is 11.3 Å². The van der Waals surface area contributed by atoms with E-state index in [0.29, 0.717) is 34.7 Å². The third kappa shape index (κ3) is 4.64. The summed E-state index contributed by atoms with van der Waals surface area (Å²) in [5, 5.41) is 11.0. The van der Waals surface area contributed by atoms with Crippen molar-refractivity contribution in [3.05, 3.63) is 84.3 Å². The molecule has 1 aromatic heterocycles. The van der Waals surface area contributed by atoms with Crippen LogP contribution < -0.4 is 19.5 Å². The Labute approximate surface area is 190 Å². The first-order chi connectivity index (χ1) is 16.2. The van der Waals surface area contributed by atoms with Crippen LogP contribution >= 0.6 is 0 Å². The maximum absolute atomic E-state index is 12.5. The summed E-state index contributed by atoms with van der Waals surface area (Å²) >= 11 is 0. The highest BCUT2D eigenvalue weighted by molar-refractivity contribution is 5.94. The van der Waals surface area contributed by atoms with E-state index in [-0.39, 0.29) is 19.1 Å². The fourth-order valence-electron chi connectivity index (χ4n) is 3.38. The number of ether oxygens (including phenoxy) is 3. The number of rotatable bonds is 6. The highest BCUT2D eigenvalue weighted by Crippen LogP contribution is 2.31. The molecule has 2 heterocycles. The normalized spacial score (nSPS) is 14.5. The molecule has 0 fully saturated rings. The van der Waals surface area contributed by atoms with E-state index in [0.717, 1.165) is 11.1 Å². The Balaban J connectivity index is 1.15. The Morgan fingerprint density at radius 1 is 1.00 bits per heavy atom. The topological polar surface area (TPSA) is 95.7 Å². The van der Waals surface area contributed by atoms with Gasteiger partial charge in [-0.05, 0) is 55.0 Å². The molecule has 1 amide bonds. The second-order valence-electron chi connectivity index (χ2n) is 7.48. The van der Waals surface area contributed by atoms with Crippen molar-refractivity contribution in [2.75, 3.05) is 11.9 Å². The zero-order valence-corrected chi connectivity index (χ0v) is 17.9. The number of hydrogen-bond donors (Lipinski definition) is 1. The van der Waals surface area contributed by atoms with Crippen LogP contribution in [0.25, 0.3) is 11.5 Å². The standard InChI is InChI=1S/C25H21N3O5/c1-16-6-2-3-7-19(16)25-28-27-23(33-25)15-30-18-12-10-17(11-13-18)26-24(29)22-14-31-20-8-4-5-9-21(20)32-22/h2-13,22H,14-15H2,1H3,(H,26,29)/t22-/m1/s1. The number of anilines is 1. The molecule has 0 bridgehead atoms. The predicted molar refractivity (Wildman–Crippen MR) is 120 cm³/mol. The lowest BCUT2D eigenvalue weighted by atomic mass is 10.1. The molecule has 33 heavy (non-hydrogen) atoms. The van der Waals surface area contributed by atoms with E-state index in [1.165, 1.54) is 0 Å². The maximum Gasteiger partial charge on any atom is 0.269 e. The van der Waals surface area contributed by atoms with Crippen molar-refractivity contribution in [1.82, 2.24) is 10.2 Å². The molecule has 5 rings (SSSR count). The van der Waals surface area contributed by atoms with Crippen LogP contribution in [0.4, 0.5) is 5.69 Å². The van der Waals surface area contributed by atoms with Crippen molar-refractivity contribution < 1.29 is 23.4 Å². The number of aromatic nitrogens is 2. The molecule has 166 valence electrons. The molecular formula is C25H21N3O5. The second kappa shape index (κ2) is 9.04. The molecule has 8 heteroatoms. The number of carbonyl (C=O) groups is 1. The lowest BCUT2D eigenvalue weighted by Gasteiger charge is -2.25. The molecule has 1 aliphatic heterocycles. The predicted octanol–water partition coefficient (Wildman–Crippen LogP) is 4.40. The monoisotopic (exact) mass is 443 g/mol. The Bertz CT molecular complexity index is 1270. The van der Waals surface area contributed by atoms with Gasteiger partial charge in [0.1, 0.15) is 12.4 Å². The van der Waals surface area contributed by atoms with Gasteiger partial charge in [0.15, 0.2) is 18.1 Å². The van der Waals surface area contributed by atoms with E-state index >= 15 is 0 Å². The number of fused-ring (bicyclic) bond motifs is 1. The van der Waals surface area contributed by atoms with Crippen LogP contribution in [0.2, 0.25) is 0 Å². The van der Waals surface area contributed by atoms with E-state index in [4.69, 9.17) is 18.6 Å². The van der Waals surface area contributed by atoms with Gasteiger partial charge in [0.25, 0.3) is 11.8 Å². The van der Waals surface area contributed by atoms with Crippen LogP contribution in [-0.2, 0) is 11.4 Å². The number of benzene rings is 3. The molecule has 1 aliphatic rings. The van der Waals surface area contributed by atoms with Crippen molar-refractivity contribution in [3.63, 3.8) is 0 Å². The van der Waals surface area contributed by atoms with Gasteiger partial charge in [-0.3, -0.25) is 4.79 Å². The van der Waals surface area contributed by atoms with E-state index in [9.17, 15) is 4.79 Å².